The smallest absolute Gasteiger partial charge is 0.195 e. The van der Waals surface area contributed by atoms with E-state index in [4.69, 9.17) is 10.8 Å². The molecule has 0 unspecified atom stereocenters. The number of hydrogen-bond donors (Lipinski definition) is 2. The first-order chi connectivity index (χ1) is 9.27. The van der Waals surface area contributed by atoms with E-state index >= 15 is 0 Å². The zero-order valence-corrected chi connectivity index (χ0v) is 13.0. The molecule has 1 aromatic carbocycles. The molecule has 2 aromatic rings. The van der Waals surface area contributed by atoms with E-state index in [-0.39, 0.29) is 19.0 Å². The van der Waals surface area contributed by atoms with Crippen molar-refractivity contribution >= 4 is 24.2 Å². The molecule has 0 radical (unpaired) electrons. The number of aliphatic hydroxyl groups excluding tert-OH is 1. The SMILES string of the molecule is Cc1ccccc1-n1c(CN)nnc1SCCCO.Cl. The Labute approximate surface area is 129 Å². The summed E-state index contributed by atoms with van der Waals surface area (Å²) in [6.45, 7) is 2.59. The Hall–Kier alpha value is -1.08. The van der Waals surface area contributed by atoms with Gasteiger partial charge >= 0.3 is 0 Å². The van der Waals surface area contributed by atoms with Gasteiger partial charge in [-0.05, 0) is 25.0 Å². The van der Waals surface area contributed by atoms with E-state index in [0.29, 0.717) is 6.54 Å². The number of benzene rings is 1. The van der Waals surface area contributed by atoms with Gasteiger partial charge in [0.05, 0.1) is 12.2 Å². The molecule has 3 N–H and O–H groups in total. The predicted molar refractivity (Wildman–Crippen MR) is 83.7 cm³/mol. The van der Waals surface area contributed by atoms with E-state index in [1.165, 1.54) is 0 Å². The molecule has 5 nitrogen and oxygen atoms in total. The third-order valence-corrected chi connectivity index (χ3v) is 3.79. The number of para-hydroxylation sites is 1. The molecule has 0 bridgehead atoms. The summed E-state index contributed by atoms with van der Waals surface area (Å²) < 4.78 is 2.00. The Bertz CT molecular complexity index is 547. The van der Waals surface area contributed by atoms with Gasteiger partial charge in [-0.25, -0.2) is 0 Å². The number of aryl methyl sites for hydroxylation is 1. The van der Waals surface area contributed by atoms with Gasteiger partial charge in [-0.3, -0.25) is 4.57 Å². The van der Waals surface area contributed by atoms with Crippen molar-refractivity contribution in [1.82, 2.24) is 14.8 Å². The molecule has 0 saturated carbocycles. The highest BCUT2D eigenvalue weighted by Crippen LogP contribution is 2.24. The van der Waals surface area contributed by atoms with E-state index in [0.717, 1.165) is 34.4 Å². The first-order valence-electron chi connectivity index (χ1n) is 6.22. The van der Waals surface area contributed by atoms with Crippen LogP contribution < -0.4 is 5.73 Å². The quantitative estimate of drug-likeness (QED) is 0.629. The molecule has 0 atom stereocenters. The van der Waals surface area contributed by atoms with Crippen molar-refractivity contribution in [3.63, 3.8) is 0 Å². The number of rotatable bonds is 6. The molecule has 0 aliphatic rings. The van der Waals surface area contributed by atoms with Gasteiger partial charge in [-0.15, -0.1) is 22.6 Å². The Kier molecular flexibility index (Phi) is 7.01. The summed E-state index contributed by atoms with van der Waals surface area (Å²) in [7, 11) is 0. The molecule has 0 amide bonds. The van der Waals surface area contributed by atoms with Crippen LogP contribution in [0.2, 0.25) is 0 Å². The number of thioether (sulfide) groups is 1. The molecule has 20 heavy (non-hydrogen) atoms. The molecule has 110 valence electrons. The molecule has 2 rings (SSSR count). The molecule has 0 spiro atoms. The first-order valence-corrected chi connectivity index (χ1v) is 7.20. The van der Waals surface area contributed by atoms with Gasteiger partial charge in [0.2, 0.25) is 0 Å². The number of hydrogen-bond acceptors (Lipinski definition) is 5. The number of nitrogens with zero attached hydrogens (tertiary/aromatic N) is 3. The summed E-state index contributed by atoms with van der Waals surface area (Å²) >= 11 is 1.59. The van der Waals surface area contributed by atoms with Crippen molar-refractivity contribution in [2.75, 3.05) is 12.4 Å². The van der Waals surface area contributed by atoms with Crippen LogP contribution in [0.3, 0.4) is 0 Å². The van der Waals surface area contributed by atoms with Gasteiger partial charge in [0.25, 0.3) is 0 Å². The summed E-state index contributed by atoms with van der Waals surface area (Å²) in [6.07, 6.45) is 0.739. The maximum absolute atomic E-state index is 8.85. The fourth-order valence-electron chi connectivity index (χ4n) is 1.81. The Morgan fingerprint density at radius 3 is 2.70 bits per heavy atom. The standard InChI is InChI=1S/C13H18N4OS.ClH/c1-10-5-2-3-6-11(10)17-12(9-14)15-16-13(17)19-8-4-7-18;/h2-3,5-6,18H,4,7-9,14H2,1H3;1H. The van der Waals surface area contributed by atoms with Crippen LogP contribution in [-0.4, -0.2) is 32.2 Å². The number of halogens is 1. The Morgan fingerprint density at radius 1 is 1.30 bits per heavy atom. The predicted octanol–water partition coefficient (Wildman–Crippen LogP) is 1.93. The average Bonchev–Trinajstić information content (AvgIpc) is 2.82. The second-order valence-electron chi connectivity index (χ2n) is 4.15. The fourth-order valence-corrected chi connectivity index (χ4v) is 2.70. The summed E-state index contributed by atoms with van der Waals surface area (Å²) in [5, 5.41) is 18.0. The second kappa shape index (κ2) is 8.26. The van der Waals surface area contributed by atoms with Crippen LogP contribution in [0.4, 0.5) is 0 Å². The Balaban J connectivity index is 0.00000200. The van der Waals surface area contributed by atoms with Gasteiger partial charge in [-0.1, -0.05) is 30.0 Å². The molecule has 0 fully saturated rings. The van der Waals surface area contributed by atoms with Crippen LogP contribution in [0.15, 0.2) is 29.4 Å². The monoisotopic (exact) mass is 314 g/mol. The lowest BCUT2D eigenvalue weighted by molar-refractivity contribution is 0.296. The minimum atomic E-state index is 0. The average molecular weight is 315 g/mol. The third-order valence-electron chi connectivity index (χ3n) is 2.77. The molecule has 0 saturated heterocycles. The Morgan fingerprint density at radius 2 is 2.05 bits per heavy atom. The maximum Gasteiger partial charge on any atom is 0.195 e. The zero-order valence-electron chi connectivity index (χ0n) is 11.3. The summed E-state index contributed by atoms with van der Waals surface area (Å²) in [5.41, 5.74) is 7.94. The zero-order chi connectivity index (χ0) is 13.7. The fraction of sp³-hybridized carbons (Fsp3) is 0.385. The van der Waals surface area contributed by atoms with Crippen LogP contribution >= 0.6 is 24.2 Å². The normalized spacial score (nSPS) is 10.3. The minimum Gasteiger partial charge on any atom is -0.396 e. The van der Waals surface area contributed by atoms with Crippen LogP contribution in [0.5, 0.6) is 0 Å². The minimum absolute atomic E-state index is 0. The first kappa shape index (κ1) is 17.0. The van der Waals surface area contributed by atoms with Crippen LogP contribution in [0.1, 0.15) is 17.8 Å². The van der Waals surface area contributed by atoms with Crippen molar-refractivity contribution in [2.24, 2.45) is 5.73 Å². The molecule has 1 heterocycles. The van der Waals surface area contributed by atoms with Crippen molar-refractivity contribution < 1.29 is 5.11 Å². The van der Waals surface area contributed by atoms with Crippen molar-refractivity contribution in [3.05, 3.63) is 35.7 Å². The van der Waals surface area contributed by atoms with Crippen LogP contribution in [-0.2, 0) is 6.54 Å². The lowest BCUT2D eigenvalue weighted by atomic mass is 10.2. The van der Waals surface area contributed by atoms with Crippen LogP contribution in [0, 0.1) is 6.92 Å². The van der Waals surface area contributed by atoms with Crippen molar-refractivity contribution in [1.29, 1.82) is 0 Å². The lowest BCUT2D eigenvalue weighted by Gasteiger charge is -2.11. The maximum atomic E-state index is 8.85. The molecular weight excluding hydrogens is 296 g/mol. The summed E-state index contributed by atoms with van der Waals surface area (Å²) in [5.74, 6) is 1.56. The molecule has 0 aliphatic carbocycles. The highest BCUT2D eigenvalue weighted by atomic mass is 35.5. The molecule has 1 aromatic heterocycles. The van der Waals surface area contributed by atoms with Gasteiger partial charge < -0.3 is 10.8 Å². The van der Waals surface area contributed by atoms with E-state index in [9.17, 15) is 0 Å². The van der Waals surface area contributed by atoms with Crippen molar-refractivity contribution in [3.8, 4) is 5.69 Å². The van der Waals surface area contributed by atoms with E-state index < -0.39 is 0 Å². The number of aliphatic hydroxyl groups is 1. The van der Waals surface area contributed by atoms with E-state index in [2.05, 4.69) is 23.2 Å². The van der Waals surface area contributed by atoms with E-state index in [1.54, 1.807) is 11.8 Å². The van der Waals surface area contributed by atoms with Gasteiger partial charge in [0.15, 0.2) is 11.0 Å². The van der Waals surface area contributed by atoms with Gasteiger partial charge in [-0.2, -0.15) is 0 Å². The third kappa shape index (κ3) is 3.73. The number of nitrogens with two attached hydrogens (primary N) is 1. The van der Waals surface area contributed by atoms with E-state index in [1.807, 2.05) is 22.8 Å². The van der Waals surface area contributed by atoms with Gasteiger partial charge in [0.1, 0.15) is 0 Å². The molecular formula is C13H19ClN4OS. The molecule has 7 heteroatoms. The molecule has 0 aliphatic heterocycles. The topological polar surface area (TPSA) is 77.0 Å². The summed E-state index contributed by atoms with van der Waals surface area (Å²) in [4.78, 5) is 0. The van der Waals surface area contributed by atoms with Crippen LogP contribution in [0.25, 0.3) is 5.69 Å². The van der Waals surface area contributed by atoms with Crippen molar-refractivity contribution in [2.45, 2.75) is 25.0 Å². The van der Waals surface area contributed by atoms with Gasteiger partial charge in [0, 0.05) is 12.4 Å². The second-order valence-corrected chi connectivity index (χ2v) is 5.21. The largest absolute Gasteiger partial charge is 0.396 e. The summed E-state index contributed by atoms with van der Waals surface area (Å²) in [6, 6.07) is 8.08. The highest BCUT2D eigenvalue weighted by Gasteiger charge is 2.14. The highest BCUT2D eigenvalue weighted by molar-refractivity contribution is 7.99. The lowest BCUT2D eigenvalue weighted by Crippen LogP contribution is -2.09. The number of aromatic nitrogens is 3.